The summed E-state index contributed by atoms with van der Waals surface area (Å²) in [7, 11) is 0. The molecule has 204 valence electrons. The number of carbonyl (C=O) groups is 2. The van der Waals surface area contributed by atoms with Crippen molar-refractivity contribution in [2.24, 2.45) is 11.8 Å². The summed E-state index contributed by atoms with van der Waals surface area (Å²) in [5.74, 6) is 1.36. The molecule has 0 saturated heterocycles. The van der Waals surface area contributed by atoms with Crippen LogP contribution in [0, 0.1) is 11.8 Å². The van der Waals surface area contributed by atoms with Gasteiger partial charge < -0.3 is 20.7 Å². The maximum Gasteiger partial charge on any atom is 0.243 e. The van der Waals surface area contributed by atoms with Crippen LogP contribution in [-0.4, -0.2) is 36.0 Å². The lowest BCUT2D eigenvalue weighted by Crippen LogP contribution is -2.56. The second-order valence-electron chi connectivity index (χ2n) is 11.7. The van der Waals surface area contributed by atoms with E-state index >= 15 is 0 Å². The van der Waals surface area contributed by atoms with Gasteiger partial charge in [0.2, 0.25) is 11.8 Å². The fraction of sp³-hybridized carbons (Fsp3) is 0.548. The van der Waals surface area contributed by atoms with Crippen molar-refractivity contribution in [3.63, 3.8) is 0 Å². The van der Waals surface area contributed by atoms with E-state index in [0.717, 1.165) is 29.8 Å². The summed E-state index contributed by atoms with van der Waals surface area (Å²) in [5.41, 5.74) is 1.66. The van der Waals surface area contributed by atoms with Crippen molar-refractivity contribution >= 4 is 11.8 Å². The lowest BCUT2D eigenvalue weighted by atomic mass is 10.00. The number of ether oxygens (including phenoxy) is 1. The van der Waals surface area contributed by atoms with Crippen LogP contribution < -0.4 is 20.7 Å². The van der Waals surface area contributed by atoms with E-state index in [9.17, 15) is 9.59 Å². The van der Waals surface area contributed by atoms with Gasteiger partial charge in [0.1, 0.15) is 18.4 Å². The summed E-state index contributed by atoms with van der Waals surface area (Å²) < 4.78 is 5.90. The summed E-state index contributed by atoms with van der Waals surface area (Å²) in [6.45, 7) is 15.6. The molecule has 0 aliphatic heterocycles. The molecular formula is C31H47N3O3. The standard InChI is InChI=1S/C31H47N3O3/c1-22(2)17-18-32-27(19-23(3)4)29(35)33-28(30(36)34-31(5,6)7)20-24-13-15-26(16-14-24)37-21-25-11-9-8-10-12-25/h8-16,22-23,27-28,32H,17-21H2,1-7H3,(H,33,35)(H,34,36)/t27-,28-/m0/s1. The largest absolute Gasteiger partial charge is 0.489 e. The van der Waals surface area contributed by atoms with Gasteiger partial charge in [0.15, 0.2) is 0 Å². The summed E-state index contributed by atoms with van der Waals surface area (Å²) in [5, 5.41) is 9.50. The SMILES string of the molecule is CC(C)CCN[C@@H](CC(C)C)C(=O)N[C@@H](Cc1ccc(OCc2ccccc2)cc1)C(=O)NC(C)(C)C. The number of hydrogen-bond donors (Lipinski definition) is 3. The van der Waals surface area contributed by atoms with Crippen LogP contribution in [0.4, 0.5) is 0 Å². The summed E-state index contributed by atoms with van der Waals surface area (Å²) in [6.07, 6.45) is 2.10. The van der Waals surface area contributed by atoms with Gasteiger partial charge in [0.25, 0.3) is 0 Å². The summed E-state index contributed by atoms with van der Waals surface area (Å²) in [6, 6.07) is 16.7. The molecule has 0 aromatic heterocycles. The number of carbonyl (C=O) groups excluding carboxylic acids is 2. The first-order valence-electron chi connectivity index (χ1n) is 13.5. The summed E-state index contributed by atoms with van der Waals surface area (Å²) in [4.78, 5) is 26.5. The van der Waals surface area contributed by atoms with Gasteiger partial charge in [0.05, 0.1) is 6.04 Å². The first kappa shape index (κ1) is 30.4. The second-order valence-corrected chi connectivity index (χ2v) is 11.7. The van der Waals surface area contributed by atoms with Crippen molar-refractivity contribution in [3.05, 3.63) is 65.7 Å². The van der Waals surface area contributed by atoms with Crippen molar-refractivity contribution in [3.8, 4) is 5.75 Å². The Hall–Kier alpha value is -2.86. The average molecular weight is 510 g/mol. The minimum Gasteiger partial charge on any atom is -0.489 e. The Balaban J connectivity index is 2.10. The van der Waals surface area contributed by atoms with Gasteiger partial charge in [-0.1, -0.05) is 70.2 Å². The molecule has 0 fully saturated rings. The lowest BCUT2D eigenvalue weighted by molar-refractivity contribution is -0.131. The molecule has 6 nitrogen and oxygen atoms in total. The smallest absolute Gasteiger partial charge is 0.243 e. The molecule has 2 rings (SSSR count). The molecule has 2 atom stereocenters. The molecule has 0 aliphatic rings. The molecule has 2 amide bonds. The molecule has 0 heterocycles. The van der Waals surface area contributed by atoms with E-state index < -0.39 is 11.6 Å². The number of benzene rings is 2. The predicted octanol–water partition coefficient (Wildman–Crippen LogP) is 5.26. The number of hydrogen-bond acceptors (Lipinski definition) is 4. The Labute approximate surface area is 224 Å². The molecule has 3 N–H and O–H groups in total. The quantitative estimate of drug-likeness (QED) is 0.325. The van der Waals surface area contributed by atoms with Gasteiger partial charge in [0, 0.05) is 12.0 Å². The van der Waals surface area contributed by atoms with Crippen molar-refractivity contribution < 1.29 is 14.3 Å². The average Bonchev–Trinajstić information content (AvgIpc) is 2.81. The van der Waals surface area contributed by atoms with E-state index in [-0.39, 0.29) is 17.9 Å². The van der Waals surface area contributed by atoms with Gasteiger partial charge in [-0.2, -0.15) is 0 Å². The Morgan fingerprint density at radius 3 is 2.03 bits per heavy atom. The molecule has 2 aromatic carbocycles. The zero-order valence-corrected chi connectivity index (χ0v) is 23.8. The molecule has 0 bridgehead atoms. The van der Waals surface area contributed by atoms with Crippen LogP contribution in [0.3, 0.4) is 0 Å². The molecule has 0 radical (unpaired) electrons. The van der Waals surface area contributed by atoms with E-state index in [2.05, 4.69) is 43.6 Å². The second kappa shape index (κ2) is 14.8. The molecule has 0 unspecified atom stereocenters. The maximum atomic E-state index is 13.3. The van der Waals surface area contributed by atoms with Gasteiger partial charge >= 0.3 is 0 Å². The molecule has 0 saturated carbocycles. The topological polar surface area (TPSA) is 79.5 Å². The Kier molecular flexibility index (Phi) is 12.1. The third-order valence-corrected chi connectivity index (χ3v) is 5.88. The van der Waals surface area contributed by atoms with Crippen molar-refractivity contribution in [1.29, 1.82) is 0 Å². The third-order valence-electron chi connectivity index (χ3n) is 5.88. The van der Waals surface area contributed by atoms with E-state index in [1.165, 1.54) is 0 Å². The number of amides is 2. The minimum atomic E-state index is -0.677. The monoisotopic (exact) mass is 509 g/mol. The highest BCUT2D eigenvalue weighted by molar-refractivity contribution is 5.90. The first-order valence-corrected chi connectivity index (χ1v) is 13.5. The van der Waals surface area contributed by atoms with E-state index in [4.69, 9.17) is 4.74 Å². The van der Waals surface area contributed by atoms with Gasteiger partial charge in [-0.25, -0.2) is 0 Å². The van der Waals surface area contributed by atoms with Crippen LogP contribution in [0.2, 0.25) is 0 Å². The molecule has 0 aliphatic carbocycles. The van der Waals surface area contributed by atoms with Crippen molar-refractivity contribution in [2.45, 2.75) is 92.0 Å². The number of rotatable bonds is 14. The van der Waals surface area contributed by atoms with Crippen LogP contribution in [0.15, 0.2) is 54.6 Å². The van der Waals surface area contributed by atoms with Gasteiger partial charge in [-0.05, 0) is 75.3 Å². The fourth-order valence-corrected chi connectivity index (χ4v) is 3.94. The third kappa shape index (κ3) is 12.3. The van der Waals surface area contributed by atoms with E-state index in [0.29, 0.717) is 31.3 Å². The molecule has 6 heteroatoms. The Morgan fingerprint density at radius 1 is 0.811 bits per heavy atom. The summed E-state index contributed by atoms with van der Waals surface area (Å²) >= 11 is 0. The molecule has 2 aromatic rings. The van der Waals surface area contributed by atoms with E-state index in [1.807, 2.05) is 75.4 Å². The highest BCUT2D eigenvalue weighted by Gasteiger charge is 2.28. The lowest BCUT2D eigenvalue weighted by Gasteiger charge is -2.28. The van der Waals surface area contributed by atoms with Gasteiger partial charge in [-0.15, -0.1) is 0 Å². The zero-order valence-electron chi connectivity index (χ0n) is 23.8. The Morgan fingerprint density at radius 2 is 1.46 bits per heavy atom. The normalized spacial score (nSPS) is 13.3. The highest BCUT2D eigenvalue weighted by Crippen LogP contribution is 2.16. The van der Waals surface area contributed by atoms with Crippen LogP contribution in [0.5, 0.6) is 5.75 Å². The van der Waals surface area contributed by atoms with Crippen molar-refractivity contribution in [1.82, 2.24) is 16.0 Å². The molecular weight excluding hydrogens is 462 g/mol. The first-order chi connectivity index (χ1) is 17.4. The van der Waals surface area contributed by atoms with Crippen molar-refractivity contribution in [2.75, 3.05) is 6.54 Å². The molecule has 0 spiro atoms. The van der Waals surface area contributed by atoms with Crippen LogP contribution in [-0.2, 0) is 22.6 Å². The van der Waals surface area contributed by atoms with Crippen LogP contribution in [0.25, 0.3) is 0 Å². The van der Waals surface area contributed by atoms with Crippen LogP contribution in [0.1, 0.15) is 72.4 Å². The Bertz CT molecular complexity index is 950. The van der Waals surface area contributed by atoms with Crippen LogP contribution >= 0.6 is 0 Å². The number of nitrogens with one attached hydrogen (secondary N) is 3. The minimum absolute atomic E-state index is 0.130. The maximum absolute atomic E-state index is 13.3. The molecule has 37 heavy (non-hydrogen) atoms. The zero-order chi connectivity index (χ0) is 27.4. The highest BCUT2D eigenvalue weighted by atomic mass is 16.5. The predicted molar refractivity (Wildman–Crippen MR) is 151 cm³/mol. The van der Waals surface area contributed by atoms with E-state index in [1.54, 1.807) is 0 Å². The van der Waals surface area contributed by atoms with Gasteiger partial charge in [-0.3, -0.25) is 9.59 Å². The fourth-order valence-electron chi connectivity index (χ4n) is 3.94.